The van der Waals surface area contributed by atoms with E-state index in [2.05, 4.69) is 20.4 Å². The number of pyridine rings is 1. The number of aromatic nitrogens is 4. The maximum Gasteiger partial charge on any atom is 0.260 e. The number of hydrogen-bond acceptors (Lipinski definition) is 4. The first-order valence-corrected chi connectivity index (χ1v) is 5.83. The van der Waals surface area contributed by atoms with Crippen LogP contribution < -0.4 is 5.32 Å². The summed E-state index contributed by atoms with van der Waals surface area (Å²) >= 11 is 5.76. The predicted octanol–water partition coefficient (Wildman–Crippen LogP) is 2.03. The molecule has 0 spiro atoms. The molecule has 0 aliphatic heterocycles. The molecule has 0 saturated carbocycles. The Bertz CT molecular complexity index is 754. The number of amides is 1. The van der Waals surface area contributed by atoms with E-state index in [1.165, 1.54) is 6.20 Å². The minimum absolute atomic E-state index is 0.308. The molecule has 0 unspecified atom stereocenters. The molecular formula is C12H8ClN5O. The molecule has 0 aromatic carbocycles. The van der Waals surface area contributed by atoms with Gasteiger partial charge in [0.15, 0.2) is 0 Å². The highest BCUT2D eigenvalue weighted by Gasteiger charge is 2.13. The number of carbonyl (C=O) groups excluding carboxylic acids is 1. The van der Waals surface area contributed by atoms with E-state index in [0.29, 0.717) is 22.1 Å². The van der Waals surface area contributed by atoms with E-state index in [9.17, 15) is 4.79 Å². The van der Waals surface area contributed by atoms with Gasteiger partial charge in [0.05, 0.1) is 23.5 Å². The Labute approximate surface area is 113 Å². The van der Waals surface area contributed by atoms with Crippen LogP contribution in [0.2, 0.25) is 5.15 Å². The summed E-state index contributed by atoms with van der Waals surface area (Å²) in [5.74, 6) is 0.0820. The average Bonchev–Trinajstić information content (AvgIpc) is 2.82. The normalized spacial score (nSPS) is 10.6. The van der Waals surface area contributed by atoms with Crippen molar-refractivity contribution in [3.8, 4) is 0 Å². The van der Waals surface area contributed by atoms with Crippen molar-refractivity contribution in [2.75, 3.05) is 5.32 Å². The minimum Gasteiger partial charge on any atom is -0.306 e. The monoisotopic (exact) mass is 273 g/mol. The molecule has 6 nitrogen and oxygen atoms in total. The first kappa shape index (κ1) is 11.6. The lowest BCUT2D eigenvalue weighted by atomic mass is 10.3. The van der Waals surface area contributed by atoms with Gasteiger partial charge in [-0.1, -0.05) is 17.7 Å². The smallest absolute Gasteiger partial charge is 0.260 e. The lowest BCUT2D eigenvalue weighted by Gasteiger charge is -2.03. The Hall–Kier alpha value is -2.47. The Morgan fingerprint density at radius 3 is 3.05 bits per heavy atom. The first-order chi connectivity index (χ1) is 9.24. The molecule has 0 atom stereocenters. The van der Waals surface area contributed by atoms with Crippen molar-refractivity contribution in [1.82, 2.24) is 19.6 Å². The highest BCUT2D eigenvalue weighted by molar-refractivity contribution is 6.29. The number of rotatable bonds is 2. The largest absolute Gasteiger partial charge is 0.306 e. The predicted molar refractivity (Wildman–Crippen MR) is 70.2 cm³/mol. The molecule has 7 heteroatoms. The van der Waals surface area contributed by atoms with E-state index < -0.39 is 0 Å². The van der Waals surface area contributed by atoms with Crippen LogP contribution in [0, 0.1) is 0 Å². The number of nitrogens with one attached hydrogen (secondary N) is 1. The van der Waals surface area contributed by atoms with Crippen molar-refractivity contribution in [3.05, 3.63) is 53.7 Å². The van der Waals surface area contributed by atoms with Gasteiger partial charge >= 0.3 is 0 Å². The fraction of sp³-hybridized carbons (Fsp3) is 0. The molecule has 3 aromatic heterocycles. The van der Waals surface area contributed by atoms with Gasteiger partial charge in [-0.3, -0.25) is 9.78 Å². The highest BCUT2D eigenvalue weighted by atomic mass is 35.5. The third kappa shape index (κ3) is 2.25. The summed E-state index contributed by atoms with van der Waals surface area (Å²) in [6.07, 6.45) is 6.33. The van der Waals surface area contributed by atoms with Crippen LogP contribution in [-0.4, -0.2) is 25.5 Å². The summed E-state index contributed by atoms with van der Waals surface area (Å²) in [5, 5.41) is 7.05. The van der Waals surface area contributed by atoms with Crippen molar-refractivity contribution in [1.29, 1.82) is 0 Å². The lowest BCUT2D eigenvalue weighted by Crippen LogP contribution is -2.12. The quantitative estimate of drug-likeness (QED) is 0.725. The molecule has 0 bridgehead atoms. The molecule has 0 aliphatic carbocycles. The van der Waals surface area contributed by atoms with Crippen LogP contribution in [0.1, 0.15) is 10.4 Å². The highest BCUT2D eigenvalue weighted by Crippen LogP contribution is 2.13. The molecule has 0 aliphatic rings. The SMILES string of the molecule is O=C(Nc1cccc(Cl)n1)c1cnn2ccncc12. The van der Waals surface area contributed by atoms with E-state index in [1.807, 2.05) is 0 Å². The van der Waals surface area contributed by atoms with Gasteiger partial charge in [-0.05, 0) is 12.1 Å². The summed E-state index contributed by atoms with van der Waals surface area (Å²) in [5.41, 5.74) is 1.05. The van der Waals surface area contributed by atoms with Crippen LogP contribution in [0.3, 0.4) is 0 Å². The summed E-state index contributed by atoms with van der Waals surface area (Å²) in [6, 6.07) is 5.01. The van der Waals surface area contributed by atoms with Gasteiger partial charge in [-0.15, -0.1) is 0 Å². The van der Waals surface area contributed by atoms with Gasteiger partial charge in [0.1, 0.15) is 11.0 Å². The molecule has 3 heterocycles. The van der Waals surface area contributed by atoms with Crippen molar-refractivity contribution in [3.63, 3.8) is 0 Å². The van der Waals surface area contributed by atoms with Crippen molar-refractivity contribution in [2.24, 2.45) is 0 Å². The molecule has 3 aromatic rings. The molecule has 94 valence electrons. The Balaban J connectivity index is 1.92. The zero-order valence-electron chi connectivity index (χ0n) is 9.62. The molecule has 1 amide bonds. The number of nitrogens with zero attached hydrogens (tertiary/aromatic N) is 4. The summed E-state index contributed by atoms with van der Waals surface area (Å²) in [4.78, 5) is 20.1. The molecule has 19 heavy (non-hydrogen) atoms. The number of hydrogen-bond donors (Lipinski definition) is 1. The van der Waals surface area contributed by atoms with Gasteiger partial charge in [-0.25, -0.2) is 9.50 Å². The topological polar surface area (TPSA) is 72.2 Å². The van der Waals surface area contributed by atoms with Crippen LogP contribution >= 0.6 is 11.6 Å². The summed E-state index contributed by atoms with van der Waals surface area (Å²) < 4.78 is 1.58. The average molecular weight is 274 g/mol. The first-order valence-electron chi connectivity index (χ1n) is 5.45. The number of fused-ring (bicyclic) bond motifs is 1. The minimum atomic E-state index is -0.308. The van der Waals surface area contributed by atoms with Crippen LogP contribution in [0.25, 0.3) is 5.52 Å². The Kier molecular flexibility index (Phi) is 2.85. The Morgan fingerprint density at radius 2 is 2.21 bits per heavy atom. The number of halogens is 1. The molecule has 3 rings (SSSR count). The van der Waals surface area contributed by atoms with E-state index in [4.69, 9.17) is 11.6 Å². The lowest BCUT2D eigenvalue weighted by molar-refractivity contribution is 0.102. The van der Waals surface area contributed by atoms with Gasteiger partial charge in [0, 0.05) is 12.4 Å². The van der Waals surface area contributed by atoms with Crippen LogP contribution in [0.15, 0.2) is 43.0 Å². The van der Waals surface area contributed by atoms with Crippen molar-refractivity contribution in [2.45, 2.75) is 0 Å². The van der Waals surface area contributed by atoms with E-state index in [0.717, 1.165) is 0 Å². The number of carbonyl (C=O) groups is 1. The van der Waals surface area contributed by atoms with Crippen LogP contribution in [-0.2, 0) is 0 Å². The van der Waals surface area contributed by atoms with E-state index >= 15 is 0 Å². The zero-order chi connectivity index (χ0) is 13.2. The molecule has 0 fully saturated rings. The van der Waals surface area contributed by atoms with Gasteiger partial charge in [0.25, 0.3) is 5.91 Å². The standard InChI is InChI=1S/C12H8ClN5O/c13-10-2-1-3-11(16-10)17-12(19)8-6-15-18-5-4-14-7-9(8)18/h1-7H,(H,16,17,19). The second-order valence-corrected chi connectivity index (χ2v) is 4.15. The third-order valence-corrected chi connectivity index (χ3v) is 2.74. The van der Waals surface area contributed by atoms with Gasteiger partial charge < -0.3 is 5.32 Å². The van der Waals surface area contributed by atoms with Gasteiger partial charge in [-0.2, -0.15) is 5.10 Å². The molecule has 1 N–H and O–H groups in total. The summed E-state index contributed by atoms with van der Waals surface area (Å²) in [6.45, 7) is 0. The number of anilines is 1. The van der Waals surface area contributed by atoms with Crippen molar-refractivity contribution >= 4 is 28.8 Å². The van der Waals surface area contributed by atoms with Crippen molar-refractivity contribution < 1.29 is 4.79 Å². The second kappa shape index (κ2) is 4.66. The Morgan fingerprint density at radius 1 is 1.32 bits per heavy atom. The van der Waals surface area contributed by atoms with Crippen LogP contribution in [0.5, 0.6) is 0 Å². The molecule has 0 radical (unpaired) electrons. The van der Waals surface area contributed by atoms with E-state index in [1.54, 1.807) is 41.3 Å². The third-order valence-electron chi connectivity index (χ3n) is 2.53. The maximum atomic E-state index is 12.1. The fourth-order valence-corrected chi connectivity index (χ4v) is 1.83. The van der Waals surface area contributed by atoms with E-state index in [-0.39, 0.29) is 5.91 Å². The summed E-state index contributed by atoms with van der Waals surface area (Å²) in [7, 11) is 0. The fourth-order valence-electron chi connectivity index (χ4n) is 1.67. The molecule has 0 saturated heterocycles. The second-order valence-electron chi connectivity index (χ2n) is 3.76. The van der Waals surface area contributed by atoms with Crippen LogP contribution in [0.4, 0.5) is 5.82 Å². The zero-order valence-corrected chi connectivity index (χ0v) is 10.4. The van der Waals surface area contributed by atoms with Gasteiger partial charge in [0.2, 0.25) is 0 Å². The molecular weight excluding hydrogens is 266 g/mol. The maximum absolute atomic E-state index is 12.1.